The standard InChI is InChI=1S/C25H23ClN2O2/c26-20-12-10-19(11-13-20)24(27-14-16-30-17-15-27)23-21-8-4-5-9-22(21)28(29)25(23)18-6-2-1-3-7-18/h1-13,24,29H,14-17H2. The molecule has 5 rings (SSSR count). The van der Waals surface area contributed by atoms with Crippen LogP contribution >= 0.6 is 11.6 Å². The molecule has 30 heavy (non-hydrogen) atoms. The summed E-state index contributed by atoms with van der Waals surface area (Å²) in [6.45, 7) is 3.05. The number of benzene rings is 3. The van der Waals surface area contributed by atoms with Crippen LogP contribution in [0.2, 0.25) is 5.02 Å². The Morgan fingerprint density at radius 3 is 2.23 bits per heavy atom. The molecule has 0 radical (unpaired) electrons. The van der Waals surface area contributed by atoms with E-state index in [9.17, 15) is 5.21 Å². The normalized spacial score (nSPS) is 16.0. The number of aromatic nitrogens is 1. The summed E-state index contributed by atoms with van der Waals surface area (Å²) in [5, 5.41) is 13.0. The summed E-state index contributed by atoms with van der Waals surface area (Å²) in [6, 6.07) is 26.1. The van der Waals surface area contributed by atoms with E-state index < -0.39 is 0 Å². The molecule has 1 atom stereocenters. The number of rotatable bonds is 4. The summed E-state index contributed by atoms with van der Waals surface area (Å²) >= 11 is 6.20. The van der Waals surface area contributed by atoms with Gasteiger partial charge in [-0.1, -0.05) is 72.3 Å². The lowest BCUT2D eigenvalue weighted by Crippen LogP contribution is -2.39. The molecule has 2 heterocycles. The number of morpholine rings is 1. The van der Waals surface area contributed by atoms with Crippen molar-refractivity contribution in [3.05, 3.63) is 95.0 Å². The summed E-state index contributed by atoms with van der Waals surface area (Å²) in [7, 11) is 0. The Labute approximate surface area is 180 Å². The van der Waals surface area contributed by atoms with Gasteiger partial charge in [0.25, 0.3) is 0 Å². The van der Waals surface area contributed by atoms with Gasteiger partial charge in [0.1, 0.15) is 0 Å². The first-order valence-electron chi connectivity index (χ1n) is 10.2. The third-order valence-electron chi connectivity index (χ3n) is 5.81. The lowest BCUT2D eigenvalue weighted by molar-refractivity contribution is 0.0241. The molecule has 1 N–H and O–H groups in total. The van der Waals surface area contributed by atoms with E-state index in [1.165, 1.54) is 4.73 Å². The molecule has 152 valence electrons. The molecule has 1 aliphatic rings. The molecule has 4 nitrogen and oxygen atoms in total. The second kappa shape index (κ2) is 8.15. The van der Waals surface area contributed by atoms with Gasteiger partial charge in [0.2, 0.25) is 0 Å². The second-order valence-corrected chi connectivity index (χ2v) is 8.00. The van der Waals surface area contributed by atoms with Crippen LogP contribution in [-0.4, -0.2) is 41.1 Å². The number of halogens is 1. The summed E-state index contributed by atoms with van der Waals surface area (Å²) in [6.07, 6.45) is 0. The molecule has 1 aliphatic heterocycles. The van der Waals surface area contributed by atoms with Crippen LogP contribution in [0.1, 0.15) is 17.2 Å². The van der Waals surface area contributed by atoms with Crippen molar-refractivity contribution in [3.63, 3.8) is 0 Å². The van der Waals surface area contributed by atoms with Crippen molar-refractivity contribution >= 4 is 22.5 Å². The van der Waals surface area contributed by atoms with Gasteiger partial charge in [0.05, 0.1) is 30.5 Å². The van der Waals surface area contributed by atoms with Gasteiger partial charge in [-0.25, -0.2) is 0 Å². The number of hydrogen-bond donors (Lipinski definition) is 1. The predicted molar refractivity (Wildman–Crippen MR) is 120 cm³/mol. The minimum atomic E-state index is -0.0281. The zero-order valence-corrected chi connectivity index (χ0v) is 17.3. The van der Waals surface area contributed by atoms with Crippen LogP contribution < -0.4 is 0 Å². The average molecular weight is 419 g/mol. The molecule has 5 heteroatoms. The fourth-order valence-electron chi connectivity index (χ4n) is 4.44. The minimum absolute atomic E-state index is 0.0281. The molecular formula is C25H23ClN2O2. The smallest absolute Gasteiger partial charge is 0.0930 e. The molecule has 1 saturated heterocycles. The van der Waals surface area contributed by atoms with Crippen LogP contribution in [0.5, 0.6) is 0 Å². The largest absolute Gasteiger partial charge is 0.428 e. The molecule has 0 saturated carbocycles. The van der Waals surface area contributed by atoms with Crippen LogP contribution in [0.4, 0.5) is 0 Å². The van der Waals surface area contributed by atoms with E-state index in [4.69, 9.17) is 16.3 Å². The molecule has 0 amide bonds. The first-order chi connectivity index (χ1) is 14.7. The van der Waals surface area contributed by atoms with Crippen molar-refractivity contribution in [2.45, 2.75) is 6.04 Å². The summed E-state index contributed by atoms with van der Waals surface area (Å²) in [5.41, 5.74) is 4.86. The van der Waals surface area contributed by atoms with Crippen molar-refractivity contribution < 1.29 is 9.94 Å². The van der Waals surface area contributed by atoms with Gasteiger partial charge in [-0.3, -0.25) is 4.90 Å². The van der Waals surface area contributed by atoms with E-state index in [0.717, 1.165) is 46.4 Å². The Morgan fingerprint density at radius 2 is 1.50 bits per heavy atom. The van der Waals surface area contributed by atoms with E-state index in [0.29, 0.717) is 18.2 Å². The van der Waals surface area contributed by atoms with Crippen LogP contribution in [0.25, 0.3) is 22.2 Å². The molecule has 4 aromatic rings. The molecular weight excluding hydrogens is 396 g/mol. The molecule has 1 fully saturated rings. The first-order valence-corrected chi connectivity index (χ1v) is 10.6. The first kappa shape index (κ1) is 19.2. The Balaban J connectivity index is 1.80. The van der Waals surface area contributed by atoms with Crippen molar-refractivity contribution in [2.24, 2.45) is 0 Å². The number of fused-ring (bicyclic) bond motifs is 1. The lowest BCUT2D eigenvalue weighted by atomic mass is 9.92. The molecule has 1 unspecified atom stereocenters. The molecule has 0 bridgehead atoms. The van der Waals surface area contributed by atoms with Crippen LogP contribution in [0.3, 0.4) is 0 Å². The third kappa shape index (κ3) is 3.37. The minimum Gasteiger partial charge on any atom is -0.428 e. The summed E-state index contributed by atoms with van der Waals surface area (Å²) in [5.74, 6) is 0. The Bertz CT molecular complexity index is 1150. The van der Waals surface area contributed by atoms with E-state index in [1.54, 1.807) is 0 Å². The monoisotopic (exact) mass is 418 g/mol. The summed E-state index contributed by atoms with van der Waals surface area (Å²) in [4.78, 5) is 2.43. The topological polar surface area (TPSA) is 37.6 Å². The zero-order valence-electron chi connectivity index (χ0n) is 16.5. The number of ether oxygens (including phenoxy) is 1. The van der Waals surface area contributed by atoms with E-state index >= 15 is 0 Å². The van der Waals surface area contributed by atoms with Gasteiger partial charge < -0.3 is 9.94 Å². The Kier molecular flexibility index (Phi) is 5.21. The van der Waals surface area contributed by atoms with Crippen LogP contribution in [-0.2, 0) is 4.74 Å². The van der Waals surface area contributed by atoms with Gasteiger partial charge in [0, 0.05) is 34.6 Å². The fourth-order valence-corrected chi connectivity index (χ4v) is 4.57. The van der Waals surface area contributed by atoms with Gasteiger partial charge >= 0.3 is 0 Å². The maximum absolute atomic E-state index is 11.2. The summed E-state index contributed by atoms with van der Waals surface area (Å²) < 4.78 is 6.97. The zero-order chi connectivity index (χ0) is 20.5. The van der Waals surface area contributed by atoms with E-state index in [-0.39, 0.29) is 6.04 Å². The third-order valence-corrected chi connectivity index (χ3v) is 6.06. The number of nitrogens with zero attached hydrogens (tertiary/aromatic N) is 2. The maximum atomic E-state index is 11.2. The number of hydrogen-bond acceptors (Lipinski definition) is 3. The second-order valence-electron chi connectivity index (χ2n) is 7.56. The Hall–Kier alpha value is -2.79. The van der Waals surface area contributed by atoms with Crippen molar-refractivity contribution in [1.29, 1.82) is 0 Å². The fraction of sp³-hybridized carbons (Fsp3) is 0.200. The highest BCUT2D eigenvalue weighted by Crippen LogP contribution is 2.42. The van der Waals surface area contributed by atoms with Crippen molar-refractivity contribution in [1.82, 2.24) is 9.63 Å². The lowest BCUT2D eigenvalue weighted by Gasteiger charge is -2.35. The predicted octanol–water partition coefficient (Wildman–Crippen LogP) is 5.62. The van der Waals surface area contributed by atoms with Crippen molar-refractivity contribution in [3.8, 4) is 11.3 Å². The van der Waals surface area contributed by atoms with Gasteiger partial charge in [-0.05, 0) is 23.8 Å². The highest BCUT2D eigenvalue weighted by molar-refractivity contribution is 6.30. The van der Waals surface area contributed by atoms with Gasteiger partial charge in [-0.15, -0.1) is 0 Å². The van der Waals surface area contributed by atoms with Gasteiger partial charge in [0.15, 0.2) is 0 Å². The maximum Gasteiger partial charge on any atom is 0.0930 e. The van der Waals surface area contributed by atoms with Crippen LogP contribution in [0.15, 0.2) is 78.9 Å². The molecule has 0 aliphatic carbocycles. The molecule has 1 aromatic heterocycles. The number of para-hydroxylation sites is 1. The van der Waals surface area contributed by atoms with Gasteiger partial charge in [-0.2, -0.15) is 4.73 Å². The van der Waals surface area contributed by atoms with Crippen molar-refractivity contribution in [2.75, 3.05) is 26.3 Å². The Morgan fingerprint density at radius 1 is 0.833 bits per heavy atom. The molecule has 0 spiro atoms. The highest BCUT2D eigenvalue weighted by Gasteiger charge is 2.31. The SMILES string of the molecule is On1c(-c2ccccc2)c(C(c2ccc(Cl)cc2)N2CCOCC2)c2ccccc21. The quantitative estimate of drug-likeness (QED) is 0.437. The van der Waals surface area contributed by atoms with E-state index in [1.807, 2.05) is 60.7 Å². The molecule has 3 aromatic carbocycles. The van der Waals surface area contributed by atoms with Crippen LogP contribution in [0, 0.1) is 0 Å². The van der Waals surface area contributed by atoms with E-state index in [2.05, 4.69) is 23.1 Å². The highest BCUT2D eigenvalue weighted by atomic mass is 35.5. The average Bonchev–Trinajstić information content (AvgIpc) is 3.09.